The van der Waals surface area contributed by atoms with Gasteiger partial charge in [0, 0.05) is 0 Å². The van der Waals surface area contributed by atoms with Crippen LogP contribution in [-0.4, -0.2) is 46.6 Å². The molecule has 0 aliphatic carbocycles. The lowest BCUT2D eigenvalue weighted by atomic mass is 10.0. The molecule has 1 rings (SSSR count). The molecular formula is C21H30O6. The third-order valence-electron chi connectivity index (χ3n) is 3.89. The number of ether oxygens (including phenoxy) is 2. The highest BCUT2D eigenvalue weighted by molar-refractivity contribution is 5.84. The molecule has 0 saturated heterocycles. The van der Waals surface area contributed by atoms with E-state index in [1.165, 1.54) is 16.7 Å². The van der Waals surface area contributed by atoms with Crippen molar-refractivity contribution in [2.24, 2.45) is 0 Å². The van der Waals surface area contributed by atoms with E-state index < -0.39 is 29.7 Å². The van der Waals surface area contributed by atoms with Crippen molar-refractivity contribution < 1.29 is 29.3 Å². The first-order valence-electron chi connectivity index (χ1n) is 8.97. The molecule has 0 radical (unpaired) electrons. The maximum atomic E-state index is 11.8. The van der Waals surface area contributed by atoms with Gasteiger partial charge in [0.15, 0.2) is 12.2 Å². The third-order valence-corrected chi connectivity index (χ3v) is 3.89. The Morgan fingerprint density at radius 2 is 1.81 bits per heavy atom. The first-order chi connectivity index (χ1) is 12.5. The summed E-state index contributed by atoms with van der Waals surface area (Å²) in [4.78, 5) is 23.1. The van der Waals surface area contributed by atoms with Crippen LogP contribution in [0.5, 0.6) is 0 Å². The van der Waals surface area contributed by atoms with Gasteiger partial charge in [0.05, 0.1) is 6.61 Å². The van der Waals surface area contributed by atoms with Crippen molar-refractivity contribution in [3.8, 4) is 0 Å². The summed E-state index contributed by atoms with van der Waals surface area (Å²) in [6.45, 7) is 9.01. The average molecular weight is 378 g/mol. The van der Waals surface area contributed by atoms with Gasteiger partial charge >= 0.3 is 11.9 Å². The summed E-state index contributed by atoms with van der Waals surface area (Å²) < 4.78 is 10.1. The number of benzene rings is 1. The third kappa shape index (κ3) is 8.37. The summed E-state index contributed by atoms with van der Waals surface area (Å²) in [5.41, 5.74) is 2.91. The van der Waals surface area contributed by atoms with Crippen LogP contribution in [0.15, 0.2) is 30.4 Å². The lowest BCUT2D eigenvalue weighted by molar-refractivity contribution is -0.181. The fraction of sp³-hybridized carbons (Fsp3) is 0.524. The van der Waals surface area contributed by atoms with Gasteiger partial charge < -0.3 is 19.7 Å². The lowest BCUT2D eigenvalue weighted by Gasteiger charge is -2.24. The molecular weight excluding hydrogens is 348 g/mol. The summed E-state index contributed by atoms with van der Waals surface area (Å²) in [5, 5.41) is 19.1. The van der Waals surface area contributed by atoms with Gasteiger partial charge in [-0.15, -0.1) is 0 Å². The second-order valence-corrected chi connectivity index (χ2v) is 7.50. The van der Waals surface area contributed by atoms with Crippen LogP contribution < -0.4 is 0 Å². The van der Waals surface area contributed by atoms with Crippen molar-refractivity contribution in [3.63, 3.8) is 0 Å². The molecule has 0 unspecified atom stereocenters. The van der Waals surface area contributed by atoms with E-state index >= 15 is 0 Å². The van der Waals surface area contributed by atoms with Gasteiger partial charge in [-0.2, -0.15) is 0 Å². The molecule has 27 heavy (non-hydrogen) atoms. The molecule has 0 aliphatic rings. The normalized spacial score (nSPS) is 14.1. The molecule has 0 saturated carbocycles. The van der Waals surface area contributed by atoms with Crippen LogP contribution in [-0.2, 0) is 25.5 Å². The van der Waals surface area contributed by atoms with E-state index in [9.17, 15) is 19.8 Å². The number of hydrogen-bond donors (Lipinski definition) is 2. The number of aliphatic hydroxyl groups excluding tert-OH is 1. The van der Waals surface area contributed by atoms with Crippen molar-refractivity contribution in [3.05, 3.63) is 47.0 Å². The fourth-order valence-corrected chi connectivity index (χ4v) is 2.34. The number of hydrogen-bond acceptors (Lipinski definition) is 5. The maximum absolute atomic E-state index is 11.8. The maximum Gasteiger partial charge on any atom is 0.338 e. The van der Waals surface area contributed by atoms with Crippen LogP contribution in [0.1, 0.15) is 43.9 Å². The van der Waals surface area contributed by atoms with E-state index in [2.05, 4.69) is 32.0 Å². The number of rotatable bonds is 9. The summed E-state index contributed by atoms with van der Waals surface area (Å²) >= 11 is 0. The Labute approximate surface area is 160 Å². The SMILES string of the molecule is Cc1ccc(CC/C=C/CO[C@@H](C(=O)O)[C@@H](O)C(=O)OC(C)(C)C)cc1C. The topological polar surface area (TPSA) is 93.1 Å². The molecule has 6 nitrogen and oxygen atoms in total. The van der Waals surface area contributed by atoms with Gasteiger partial charge in [-0.25, -0.2) is 9.59 Å². The van der Waals surface area contributed by atoms with E-state index in [1.54, 1.807) is 26.8 Å². The minimum absolute atomic E-state index is 0.0241. The Kier molecular flexibility index (Phi) is 8.66. The number of carbonyl (C=O) groups excluding carboxylic acids is 1. The molecule has 150 valence electrons. The van der Waals surface area contributed by atoms with Crippen LogP contribution in [0.4, 0.5) is 0 Å². The summed E-state index contributed by atoms with van der Waals surface area (Å²) in [5.74, 6) is -2.44. The molecule has 2 N–H and O–H groups in total. The zero-order valence-electron chi connectivity index (χ0n) is 16.7. The molecule has 0 amide bonds. The van der Waals surface area contributed by atoms with E-state index in [4.69, 9.17) is 9.47 Å². The first kappa shape index (κ1) is 22.9. The summed E-state index contributed by atoms with van der Waals surface area (Å²) in [6.07, 6.45) is 1.64. The van der Waals surface area contributed by atoms with Gasteiger partial charge in [-0.1, -0.05) is 30.4 Å². The number of carbonyl (C=O) groups is 2. The number of aliphatic carboxylic acids is 1. The smallest absolute Gasteiger partial charge is 0.338 e. The van der Waals surface area contributed by atoms with Crippen LogP contribution in [0.2, 0.25) is 0 Å². The molecule has 0 heterocycles. The van der Waals surface area contributed by atoms with E-state index in [-0.39, 0.29) is 6.61 Å². The number of allylic oxidation sites excluding steroid dienone is 1. The Bertz CT molecular complexity index is 672. The van der Waals surface area contributed by atoms with Crippen molar-refractivity contribution in [2.75, 3.05) is 6.61 Å². The second-order valence-electron chi connectivity index (χ2n) is 7.50. The van der Waals surface area contributed by atoms with Gasteiger partial charge in [0.25, 0.3) is 0 Å². The molecule has 1 aromatic carbocycles. The van der Waals surface area contributed by atoms with Crippen LogP contribution in [0.3, 0.4) is 0 Å². The van der Waals surface area contributed by atoms with Gasteiger partial charge in [-0.3, -0.25) is 0 Å². The van der Waals surface area contributed by atoms with Crippen molar-refractivity contribution in [2.45, 2.75) is 65.3 Å². The quantitative estimate of drug-likeness (QED) is 0.507. The average Bonchev–Trinajstić information content (AvgIpc) is 2.54. The summed E-state index contributed by atoms with van der Waals surface area (Å²) in [7, 11) is 0. The van der Waals surface area contributed by atoms with E-state index in [0.29, 0.717) is 0 Å². The lowest BCUT2D eigenvalue weighted by Crippen LogP contribution is -2.44. The van der Waals surface area contributed by atoms with Crippen molar-refractivity contribution in [1.82, 2.24) is 0 Å². The molecule has 0 spiro atoms. The number of carboxylic acids is 1. The van der Waals surface area contributed by atoms with Crippen LogP contribution in [0, 0.1) is 13.8 Å². The van der Waals surface area contributed by atoms with Gasteiger partial charge in [0.2, 0.25) is 0 Å². The zero-order valence-corrected chi connectivity index (χ0v) is 16.7. The summed E-state index contributed by atoms with van der Waals surface area (Å²) in [6, 6.07) is 6.33. The van der Waals surface area contributed by atoms with Crippen molar-refractivity contribution in [1.29, 1.82) is 0 Å². The minimum Gasteiger partial charge on any atom is -0.479 e. The molecule has 0 aliphatic heterocycles. The standard InChI is InChI=1S/C21H30O6/c1-14-10-11-16(13-15(14)2)9-7-6-8-12-26-18(19(23)24)17(22)20(25)27-21(3,4)5/h6,8,10-11,13,17-18,22H,7,9,12H2,1-5H3,(H,23,24)/b8-6+/t17-,18-/m1/s1. The van der Waals surface area contributed by atoms with E-state index in [1.807, 2.05) is 6.08 Å². The van der Waals surface area contributed by atoms with E-state index in [0.717, 1.165) is 12.8 Å². The van der Waals surface area contributed by atoms with Gasteiger partial charge in [-0.05, 0) is 64.2 Å². The fourth-order valence-electron chi connectivity index (χ4n) is 2.34. The minimum atomic E-state index is -1.88. The van der Waals surface area contributed by atoms with Gasteiger partial charge in [0.1, 0.15) is 5.60 Å². The Balaban J connectivity index is 2.47. The predicted octanol–water partition coefficient (Wildman–Crippen LogP) is 2.96. The Hall–Kier alpha value is -2.18. The molecule has 1 aromatic rings. The highest BCUT2D eigenvalue weighted by Gasteiger charge is 2.35. The highest BCUT2D eigenvalue weighted by atomic mass is 16.6. The Morgan fingerprint density at radius 3 is 2.37 bits per heavy atom. The molecule has 2 atom stereocenters. The monoisotopic (exact) mass is 378 g/mol. The largest absolute Gasteiger partial charge is 0.479 e. The zero-order chi connectivity index (χ0) is 20.6. The highest BCUT2D eigenvalue weighted by Crippen LogP contribution is 2.13. The Morgan fingerprint density at radius 1 is 1.15 bits per heavy atom. The molecule has 6 heteroatoms. The van der Waals surface area contributed by atoms with Crippen LogP contribution >= 0.6 is 0 Å². The predicted molar refractivity (Wildman–Crippen MR) is 103 cm³/mol. The number of aliphatic hydroxyl groups is 1. The first-order valence-corrected chi connectivity index (χ1v) is 8.97. The number of carboxylic acid groups (broad SMARTS) is 1. The second kappa shape index (κ2) is 10.2. The molecule has 0 fully saturated rings. The molecule has 0 bridgehead atoms. The number of aryl methyl sites for hydroxylation is 3. The molecule has 0 aromatic heterocycles. The van der Waals surface area contributed by atoms with Crippen molar-refractivity contribution >= 4 is 11.9 Å². The van der Waals surface area contributed by atoms with Crippen LogP contribution in [0.25, 0.3) is 0 Å². The number of esters is 1.